The Bertz CT molecular complexity index is 445. The van der Waals surface area contributed by atoms with Gasteiger partial charge in [-0.25, -0.2) is 0 Å². The van der Waals surface area contributed by atoms with Crippen molar-refractivity contribution in [1.29, 1.82) is 0 Å². The lowest BCUT2D eigenvalue weighted by Gasteiger charge is -2.15. The summed E-state index contributed by atoms with van der Waals surface area (Å²) in [6, 6.07) is 3.56. The summed E-state index contributed by atoms with van der Waals surface area (Å²) in [5.41, 5.74) is 6.45. The van der Waals surface area contributed by atoms with Crippen LogP contribution in [0.15, 0.2) is 12.1 Å². The standard InChI is InChI=1S/C14H20N2O3/c15-11-8-12(14-13(9-11)18-10-19-14)17-7-3-6-16-4-1-2-5-16/h8-9H,1-7,10,15H2. The number of nitrogens with zero attached hydrogens (tertiary/aromatic N) is 1. The first-order valence-corrected chi connectivity index (χ1v) is 6.87. The molecule has 1 fully saturated rings. The molecule has 0 unspecified atom stereocenters. The molecular weight excluding hydrogens is 244 g/mol. The highest BCUT2D eigenvalue weighted by Crippen LogP contribution is 2.42. The molecule has 0 bridgehead atoms. The van der Waals surface area contributed by atoms with E-state index < -0.39 is 0 Å². The van der Waals surface area contributed by atoms with Crippen molar-refractivity contribution < 1.29 is 14.2 Å². The summed E-state index contributed by atoms with van der Waals surface area (Å²) in [5, 5.41) is 0. The maximum absolute atomic E-state index is 5.81. The maximum atomic E-state index is 5.81. The second-order valence-corrected chi connectivity index (χ2v) is 5.00. The Morgan fingerprint density at radius 1 is 1.21 bits per heavy atom. The zero-order valence-electron chi connectivity index (χ0n) is 11.1. The molecule has 2 heterocycles. The van der Waals surface area contributed by atoms with Crippen LogP contribution in [-0.4, -0.2) is 37.9 Å². The molecule has 0 aliphatic carbocycles. The summed E-state index contributed by atoms with van der Waals surface area (Å²) < 4.78 is 16.5. The van der Waals surface area contributed by atoms with Gasteiger partial charge in [0.15, 0.2) is 11.5 Å². The van der Waals surface area contributed by atoms with Crippen LogP contribution in [-0.2, 0) is 0 Å². The summed E-state index contributed by atoms with van der Waals surface area (Å²) in [6.45, 7) is 4.47. The van der Waals surface area contributed by atoms with Gasteiger partial charge >= 0.3 is 0 Å². The van der Waals surface area contributed by atoms with Crippen LogP contribution in [0.1, 0.15) is 19.3 Å². The minimum atomic E-state index is 0.239. The Kier molecular flexibility index (Phi) is 3.64. The molecule has 0 aromatic heterocycles. The van der Waals surface area contributed by atoms with Gasteiger partial charge in [-0.3, -0.25) is 0 Å². The number of anilines is 1. The van der Waals surface area contributed by atoms with Crippen molar-refractivity contribution in [3.63, 3.8) is 0 Å². The van der Waals surface area contributed by atoms with Crippen molar-refractivity contribution in [2.45, 2.75) is 19.3 Å². The predicted octanol–water partition coefficient (Wildman–Crippen LogP) is 1.86. The van der Waals surface area contributed by atoms with Gasteiger partial charge in [0.2, 0.25) is 12.5 Å². The Morgan fingerprint density at radius 2 is 2.05 bits per heavy atom. The SMILES string of the molecule is Nc1cc(OCCCN2CCCC2)c2c(c1)OCO2. The lowest BCUT2D eigenvalue weighted by molar-refractivity contribution is 0.169. The van der Waals surface area contributed by atoms with E-state index in [2.05, 4.69) is 4.90 Å². The van der Waals surface area contributed by atoms with Gasteiger partial charge in [0.1, 0.15) is 0 Å². The third-order valence-electron chi connectivity index (χ3n) is 3.54. The van der Waals surface area contributed by atoms with Crippen LogP contribution in [0.2, 0.25) is 0 Å². The molecule has 3 rings (SSSR count). The van der Waals surface area contributed by atoms with E-state index in [0.717, 1.165) is 13.0 Å². The highest BCUT2D eigenvalue weighted by molar-refractivity contribution is 5.61. The van der Waals surface area contributed by atoms with E-state index in [1.807, 2.05) is 0 Å². The molecule has 104 valence electrons. The second-order valence-electron chi connectivity index (χ2n) is 5.00. The van der Waals surface area contributed by atoms with Gasteiger partial charge in [-0.2, -0.15) is 0 Å². The highest BCUT2D eigenvalue weighted by atomic mass is 16.7. The van der Waals surface area contributed by atoms with Gasteiger partial charge in [-0.05, 0) is 32.4 Å². The number of nitrogen functional groups attached to an aromatic ring is 1. The average molecular weight is 264 g/mol. The molecular formula is C14H20N2O3. The Hall–Kier alpha value is -1.62. The number of nitrogens with two attached hydrogens (primary N) is 1. The summed E-state index contributed by atoms with van der Waals surface area (Å²) >= 11 is 0. The quantitative estimate of drug-likeness (QED) is 0.650. The highest BCUT2D eigenvalue weighted by Gasteiger charge is 2.20. The third-order valence-corrected chi connectivity index (χ3v) is 3.54. The molecule has 0 saturated carbocycles. The molecule has 19 heavy (non-hydrogen) atoms. The molecule has 0 spiro atoms. The van der Waals surface area contributed by atoms with Crippen LogP contribution < -0.4 is 19.9 Å². The third kappa shape index (κ3) is 2.87. The van der Waals surface area contributed by atoms with E-state index in [1.165, 1.54) is 25.9 Å². The summed E-state index contributed by atoms with van der Waals surface area (Å²) in [6.07, 6.45) is 3.67. The van der Waals surface area contributed by atoms with Gasteiger partial charge in [0.25, 0.3) is 0 Å². The number of benzene rings is 1. The number of hydrogen-bond acceptors (Lipinski definition) is 5. The zero-order chi connectivity index (χ0) is 13.1. The van der Waals surface area contributed by atoms with Gasteiger partial charge < -0.3 is 24.8 Å². The van der Waals surface area contributed by atoms with Crippen LogP contribution in [0.3, 0.4) is 0 Å². The van der Waals surface area contributed by atoms with Crippen LogP contribution in [0, 0.1) is 0 Å². The first kappa shape index (κ1) is 12.4. The topological polar surface area (TPSA) is 57.0 Å². The van der Waals surface area contributed by atoms with Crippen molar-refractivity contribution in [3.05, 3.63) is 12.1 Å². The monoisotopic (exact) mass is 264 g/mol. The Labute approximate surface area is 113 Å². The number of fused-ring (bicyclic) bond motifs is 1. The van der Waals surface area contributed by atoms with Crippen molar-refractivity contribution in [2.75, 3.05) is 38.8 Å². The fourth-order valence-electron chi connectivity index (χ4n) is 2.58. The molecule has 5 nitrogen and oxygen atoms in total. The summed E-state index contributed by atoms with van der Waals surface area (Å²) in [7, 11) is 0. The van der Waals surface area contributed by atoms with E-state index in [4.69, 9.17) is 19.9 Å². The van der Waals surface area contributed by atoms with Gasteiger partial charge in [0.05, 0.1) is 6.61 Å². The maximum Gasteiger partial charge on any atom is 0.231 e. The van der Waals surface area contributed by atoms with Crippen molar-refractivity contribution >= 4 is 5.69 Å². The first-order valence-electron chi connectivity index (χ1n) is 6.87. The molecule has 2 aliphatic heterocycles. The molecule has 1 saturated heterocycles. The normalized spacial score (nSPS) is 17.9. The largest absolute Gasteiger partial charge is 0.489 e. The summed E-state index contributed by atoms with van der Waals surface area (Å²) in [4.78, 5) is 2.48. The molecule has 1 aromatic rings. The van der Waals surface area contributed by atoms with Crippen LogP contribution in [0.5, 0.6) is 17.2 Å². The van der Waals surface area contributed by atoms with E-state index in [9.17, 15) is 0 Å². The number of hydrogen-bond donors (Lipinski definition) is 1. The first-order chi connectivity index (χ1) is 9.33. The van der Waals surface area contributed by atoms with Gasteiger partial charge in [0, 0.05) is 24.4 Å². The van der Waals surface area contributed by atoms with Crippen LogP contribution in [0.25, 0.3) is 0 Å². The molecule has 1 aromatic carbocycles. The minimum Gasteiger partial charge on any atom is -0.489 e. The second kappa shape index (κ2) is 5.57. The number of likely N-dealkylation sites (tertiary alicyclic amines) is 1. The fourth-order valence-corrected chi connectivity index (χ4v) is 2.58. The molecule has 0 amide bonds. The lowest BCUT2D eigenvalue weighted by atomic mass is 10.2. The van der Waals surface area contributed by atoms with Gasteiger partial charge in [-0.1, -0.05) is 0 Å². The minimum absolute atomic E-state index is 0.239. The van der Waals surface area contributed by atoms with E-state index >= 15 is 0 Å². The van der Waals surface area contributed by atoms with Crippen molar-refractivity contribution in [2.24, 2.45) is 0 Å². The van der Waals surface area contributed by atoms with Crippen LogP contribution >= 0.6 is 0 Å². The average Bonchev–Trinajstić information content (AvgIpc) is 3.04. The smallest absolute Gasteiger partial charge is 0.231 e. The molecule has 0 atom stereocenters. The molecule has 0 radical (unpaired) electrons. The van der Waals surface area contributed by atoms with E-state index in [0.29, 0.717) is 29.5 Å². The van der Waals surface area contributed by atoms with Gasteiger partial charge in [-0.15, -0.1) is 0 Å². The Morgan fingerprint density at radius 3 is 2.89 bits per heavy atom. The lowest BCUT2D eigenvalue weighted by Crippen LogP contribution is -2.21. The van der Waals surface area contributed by atoms with Crippen molar-refractivity contribution in [1.82, 2.24) is 4.90 Å². The Balaban J connectivity index is 1.52. The molecule has 2 N–H and O–H groups in total. The fraction of sp³-hybridized carbons (Fsp3) is 0.571. The zero-order valence-corrected chi connectivity index (χ0v) is 11.1. The molecule has 2 aliphatic rings. The summed E-state index contributed by atoms with van der Waals surface area (Å²) in [5.74, 6) is 2.04. The number of ether oxygens (including phenoxy) is 3. The predicted molar refractivity (Wildman–Crippen MR) is 72.8 cm³/mol. The molecule has 5 heteroatoms. The van der Waals surface area contributed by atoms with E-state index in [1.54, 1.807) is 12.1 Å². The van der Waals surface area contributed by atoms with Crippen molar-refractivity contribution in [3.8, 4) is 17.2 Å². The number of rotatable bonds is 5. The van der Waals surface area contributed by atoms with E-state index in [-0.39, 0.29) is 6.79 Å². The van der Waals surface area contributed by atoms with Crippen LogP contribution in [0.4, 0.5) is 5.69 Å².